The van der Waals surface area contributed by atoms with Crippen molar-refractivity contribution in [3.63, 3.8) is 0 Å². The van der Waals surface area contributed by atoms with Crippen LogP contribution in [0.2, 0.25) is 0 Å². The molecule has 1 amide bonds. The molecule has 2 saturated heterocycles. The second-order valence-electron chi connectivity index (χ2n) is 9.08. The van der Waals surface area contributed by atoms with Crippen LogP contribution in [0.4, 0.5) is 14.5 Å². The van der Waals surface area contributed by atoms with E-state index in [1.54, 1.807) is 24.4 Å². The fourth-order valence-electron chi connectivity index (χ4n) is 5.10. The predicted octanol–water partition coefficient (Wildman–Crippen LogP) is 3.69. The highest BCUT2D eigenvalue weighted by Crippen LogP contribution is 2.40. The van der Waals surface area contributed by atoms with E-state index in [2.05, 4.69) is 25.5 Å². The average molecular weight is 480 g/mol. The third kappa shape index (κ3) is 4.81. The molecule has 1 aromatic carbocycles. The van der Waals surface area contributed by atoms with Crippen molar-refractivity contribution in [2.75, 3.05) is 31.6 Å². The van der Waals surface area contributed by atoms with Gasteiger partial charge in [-0.1, -0.05) is 6.07 Å². The van der Waals surface area contributed by atoms with Gasteiger partial charge in [0.15, 0.2) is 0 Å². The normalized spacial score (nSPS) is 19.3. The first-order valence-electron chi connectivity index (χ1n) is 11.7. The van der Waals surface area contributed by atoms with Crippen LogP contribution in [0.25, 0.3) is 11.1 Å². The quantitative estimate of drug-likeness (QED) is 0.562. The molecule has 7 nitrogen and oxygen atoms in total. The Bertz CT molecular complexity index is 1230. The molecular weight excluding hydrogens is 452 g/mol. The molecule has 1 spiro atoms. The molecule has 4 heterocycles. The second kappa shape index (κ2) is 9.58. The second-order valence-corrected chi connectivity index (χ2v) is 9.08. The van der Waals surface area contributed by atoms with Crippen LogP contribution >= 0.6 is 0 Å². The number of rotatable bonds is 6. The average Bonchev–Trinajstić information content (AvgIpc) is 3.51. The van der Waals surface area contributed by atoms with Crippen molar-refractivity contribution in [2.24, 2.45) is 0 Å². The Morgan fingerprint density at radius 1 is 1.20 bits per heavy atom. The van der Waals surface area contributed by atoms with Gasteiger partial charge in [0.25, 0.3) is 5.91 Å². The maximum absolute atomic E-state index is 14.1. The van der Waals surface area contributed by atoms with E-state index in [4.69, 9.17) is 4.74 Å². The number of ether oxygens (including phenoxy) is 1. The van der Waals surface area contributed by atoms with Gasteiger partial charge in [0, 0.05) is 48.7 Å². The third-order valence-corrected chi connectivity index (χ3v) is 6.76. The Morgan fingerprint density at radius 2 is 2.03 bits per heavy atom. The molecule has 0 saturated carbocycles. The highest BCUT2D eigenvalue weighted by molar-refractivity contribution is 6.03. The van der Waals surface area contributed by atoms with Gasteiger partial charge >= 0.3 is 0 Å². The Balaban J connectivity index is 1.50. The number of nitrogens with zero attached hydrogens (tertiary/aromatic N) is 3. The minimum atomic E-state index is -0.680. The Kier molecular flexibility index (Phi) is 6.34. The van der Waals surface area contributed by atoms with Gasteiger partial charge in [-0.05, 0) is 49.6 Å². The molecule has 2 aliphatic heterocycles. The first-order valence-corrected chi connectivity index (χ1v) is 11.7. The third-order valence-electron chi connectivity index (χ3n) is 6.76. The Hall–Kier alpha value is -3.59. The number of aromatic nitrogens is 2. The van der Waals surface area contributed by atoms with E-state index >= 15 is 0 Å². The Morgan fingerprint density at radius 3 is 2.77 bits per heavy atom. The van der Waals surface area contributed by atoms with Crippen LogP contribution in [0, 0.1) is 11.6 Å². The van der Waals surface area contributed by atoms with Crippen LogP contribution in [-0.4, -0.2) is 48.2 Å². The van der Waals surface area contributed by atoms with Crippen molar-refractivity contribution in [2.45, 2.75) is 31.3 Å². The number of carbonyl (C=O) groups excluding carboxylic acids is 1. The summed E-state index contributed by atoms with van der Waals surface area (Å²) in [5.74, 6) is -1.24. The molecule has 2 aliphatic rings. The molecule has 5 rings (SSSR count). The van der Waals surface area contributed by atoms with Crippen molar-refractivity contribution >= 4 is 11.6 Å². The van der Waals surface area contributed by atoms with Gasteiger partial charge in [-0.15, -0.1) is 0 Å². The van der Waals surface area contributed by atoms with Gasteiger partial charge in [0.05, 0.1) is 30.6 Å². The maximum Gasteiger partial charge on any atom is 0.255 e. The largest absolute Gasteiger partial charge is 0.481 e. The molecule has 0 aliphatic carbocycles. The van der Waals surface area contributed by atoms with Crippen LogP contribution in [-0.2, 0) is 6.54 Å². The van der Waals surface area contributed by atoms with Gasteiger partial charge < -0.3 is 20.3 Å². The van der Waals surface area contributed by atoms with E-state index in [1.165, 1.54) is 25.4 Å². The maximum atomic E-state index is 14.1. The van der Waals surface area contributed by atoms with Crippen molar-refractivity contribution in [3.8, 4) is 17.0 Å². The summed E-state index contributed by atoms with van der Waals surface area (Å²) in [6.07, 6.45) is 6.17. The molecule has 1 unspecified atom stereocenters. The number of hydrogen-bond acceptors (Lipinski definition) is 6. The SMILES string of the molecule is COc1cccc(CNC(=O)c2cncc(-c3cc(F)cc(F)c3)c2N2CCC3(CCCN3)C2)n1. The molecule has 0 radical (unpaired) electrons. The zero-order chi connectivity index (χ0) is 24.4. The number of methoxy groups -OCH3 is 1. The predicted molar refractivity (Wildman–Crippen MR) is 128 cm³/mol. The van der Waals surface area contributed by atoms with E-state index in [9.17, 15) is 13.6 Å². The van der Waals surface area contributed by atoms with E-state index in [-0.39, 0.29) is 18.0 Å². The standard InChI is InChI=1S/C26H27F2N5O2/c1-35-23-5-2-4-20(32-23)13-30-25(34)22-15-29-14-21(17-10-18(27)12-19(28)11-17)24(22)33-9-7-26(16-33)6-3-8-31-26/h2,4-5,10-12,14-15,31H,3,6-9,13,16H2,1H3,(H,30,34). The summed E-state index contributed by atoms with van der Waals surface area (Å²) in [5.41, 5.74) is 2.48. The minimum Gasteiger partial charge on any atom is -0.481 e. The topological polar surface area (TPSA) is 79.4 Å². The van der Waals surface area contributed by atoms with Gasteiger partial charge in [-0.3, -0.25) is 9.78 Å². The van der Waals surface area contributed by atoms with Gasteiger partial charge in [0.1, 0.15) is 11.6 Å². The number of benzene rings is 1. The monoisotopic (exact) mass is 479 g/mol. The van der Waals surface area contributed by atoms with E-state index < -0.39 is 11.6 Å². The van der Waals surface area contributed by atoms with Crippen molar-refractivity contribution < 1.29 is 18.3 Å². The summed E-state index contributed by atoms with van der Waals surface area (Å²) < 4.78 is 33.4. The molecular formula is C26H27F2N5O2. The molecule has 2 N–H and O–H groups in total. The van der Waals surface area contributed by atoms with Crippen LogP contribution in [0.3, 0.4) is 0 Å². The van der Waals surface area contributed by atoms with E-state index in [1.807, 2.05) is 0 Å². The lowest BCUT2D eigenvalue weighted by atomic mass is 9.96. The summed E-state index contributed by atoms with van der Waals surface area (Å²) in [4.78, 5) is 24.1. The van der Waals surface area contributed by atoms with Gasteiger partial charge in [0.2, 0.25) is 5.88 Å². The van der Waals surface area contributed by atoms with Crippen LogP contribution in [0.1, 0.15) is 35.3 Å². The zero-order valence-electron chi connectivity index (χ0n) is 19.5. The van der Waals surface area contributed by atoms with Crippen molar-refractivity contribution in [3.05, 3.63) is 71.7 Å². The van der Waals surface area contributed by atoms with Crippen LogP contribution < -0.4 is 20.3 Å². The lowest BCUT2D eigenvalue weighted by molar-refractivity contribution is 0.0950. The molecule has 1 atom stereocenters. The lowest BCUT2D eigenvalue weighted by Gasteiger charge is -2.28. The number of carbonyl (C=O) groups is 1. The molecule has 2 fully saturated rings. The fraction of sp³-hybridized carbons (Fsp3) is 0.346. The number of amides is 1. The van der Waals surface area contributed by atoms with Crippen LogP contribution in [0.5, 0.6) is 5.88 Å². The summed E-state index contributed by atoms with van der Waals surface area (Å²) in [5, 5.41) is 6.52. The minimum absolute atomic E-state index is 0.00795. The molecule has 0 bridgehead atoms. The van der Waals surface area contributed by atoms with Crippen molar-refractivity contribution in [1.29, 1.82) is 0 Å². The number of halogens is 2. The number of hydrogen-bond donors (Lipinski definition) is 2. The molecule has 182 valence electrons. The van der Waals surface area contributed by atoms with E-state index in [0.717, 1.165) is 38.4 Å². The highest BCUT2D eigenvalue weighted by atomic mass is 19.1. The van der Waals surface area contributed by atoms with Crippen molar-refractivity contribution in [1.82, 2.24) is 20.6 Å². The number of pyridine rings is 2. The summed E-state index contributed by atoms with van der Waals surface area (Å²) in [6.45, 7) is 2.59. The van der Waals surface area contributed by atoms with Gasteiger partial charge in [-0.25, -0.2) is 13.8 Å². The highest BCUT2D eigenvalue weighted by Gasteiger charge is 2.41. The Labute approximate surface area is 202 Å². The fourth-order valence-corrected chi connectivity index (χ4v) is 5.10. The molecule has 35 heavy (non-hydrogen) atoms. The lowest BCUT2D eigenvalue weighted by Crippen LogP contribution is -2.42. The summed E-state index contributed by atoms with van der Waals surface area (Å²) in [7, 11) is 1.53. The smallest absolute Gasteiger partial charge is 0.255 e. The summed E-state index contributed by atoms with van der Waals surface area (Å²) in [6, 6.07) is 8.70. The zero-order valence-corrected chi connectivity index (χ0v) is 19.5. The van der Waals surface area contributed by atoms with Gasteiger partial charge in [-0.2, -0.15) is 0 Å². The number of nitrogens with one attached hydrogen (secondary N) is 2. The molecule has 9 heteroatoms. The summed E-state index contributed by atoms with van der Waals surface area (Å²) >= 11 is 0. The van der Waals surface area contributed by atoms with E-state index in [0.29, 0.717) is 40.5 Å². The molecule has 2 aromatic heterocycles. The first kappa shape index (κ1) is 23.2. The van der Waals surface area contributed by atoms with Crippen LogP contribution in [0.15, 0.2) is 48.8 Å². The number of anilines is 1. The first-order chi connectivity index (χ1) is 17.0. The molecule has 3 aromatic rings.